The van der Waals surface area contributed by atoms with Crippen LogP contribution in [0.4, 0.5) is 4.39 Å². The average Bonchev–Trinajstić information content (AvgIpc) is 2.46. The fraction of sp³-hybridized carbons (Fsp3) is 0.357. The fourth-order valence-electron chi connectivity index (χ4n) is 1.73. The molecule has 1 aromatic rings. The molecule has 1 heterocycles. The van der Waals surface area contributed by atoms with Crippen molar-refractivity contribution in [3.63, 3.8) is 0 Å². The average molecular weight is 263 g/mol. The number of nitrogens with zero attached hydrogens (tertiary/aromatic N) is 1. The number of carbonyl (C=O) groups is 1. The summed E-state index contributed by atoms with van der Waals surface area (Å²) in [5.74, 6) is 1.88. The van der Waals surface area contributed by atoms with Gasteiger partial charge < -0.3 is 14.4 Å². The van der Waals surface area contributed by atoms with Gasteiger partial charge in [-0.1, -0.05) is 0 Å². The van der Waals surface area contributed by atoms with Crippen LogP contribution in [0.3, 0.4) is 0 Å². The number of carbonyl (C=O) groups excluding carboxylic acids is 1. The van der Waals surface area contributed by atoms with Crippen LogP contribution in [-0.2, 0) is 4.74 Å². The maximum Gasteiger partial charge on any atom is 0.241 e. The maximum atomic E-state index is 13.2. The van der Waals surface area contributed by atoms with E-state index in [-0.39, 0.29) is 5.56 Å². The highest BCUT2D eigenvalue weighted by molar-refractivity contribution is 6.10. The molecular formula is C14H14FNO3. The Morgan fingerprint density at radius 1 is 1.42 bits per heavy atom. The molecule has 0 atom stereocenters. The lowest BCUT2D eigenvalue weighted by molar-refractivity contribution is 0.0637. The SMILES string of the molecule is COc1ccc(F)cc1C(=O)C#CN1CCOCC1. The molecule has 0 unspecified atom stereocenters. The molecule has 19 heavy (non-hydrogen) atoms. The number of benzene rings is 1. The van der Waals surface area contributed by atoms with Crippen molar-refractivity contribution in [1.29, 1.82) is 0 Å². The molecule has 100 valence electrons. The van der Waals surface area contributed by atoms with Gasteiger partial charge in [0.25, 0.3) is 0 Å². The molecule has 0 radical (unpaired) electrons. The number of ether oxygens (including phenoxy) is 2. The molecule has 2 rings (SSSR count). The van der Waals surface area contributed by atoms with Crippen molar-refractivity contribution < 1.29 is 18.7 Å². The lowest BCUT2D eigenvalue weighted by atomic mass is 10.1. The van der Waals surface area contributed by atoms with Gasteiger partial charge in [-0.05, 0) is 18.2 Å². The van der Waals surface area contributed by atoms with Crippen LogP contribution in [0, 0.1) is 17.8 Å². The van der Waals surface area contributed by atoms with Gasteiger partial charge in [0.05, 0.1) is 25.9 Å². The Hall–Kier alpha value is -2.06. The Morgan fingerprint density at radius 2 is 2.16 bits per heavy atom. The summed E-state index contributed by atoms with van der Waals surface area (Å²) in [5, 5.41) is 0. The van der Waals surface area contributed by atoms with E-state index in [2.05, 4.69) is 12.0 Å². The molecule has 0 spiro atoms. The Labute approximate surface area is 111 Å². The number of rotatable bonds is 2. The Balaban J connectivity index is 2.15. The van der Waals surface area contributed by atoms with Gasteiger partial charge in [-0.2, -0.15) is 0 Å². The zero-order valence-corrected chi connectivity index (χ0v) is 10.6. The molecule has 1 fully saturated rings. The molecule has 4 nitrogen and oxygen atoms in total. The summed E-state index contributed by atoms with van der Waals surface area (Å²) in [6.45, 7) is 2.54. The van der Waals surface area contributed by atoms with Crippen LogP contribution in [0.25, 0.3) is 0 Å². The van der Waals surface area contributed by atoms with E-state index in [4.69, 9.17) is 9.47 Å². The minimum absolute atomic E-state index is 0.142. The number of Topliss-reactive ketones (excluding diaryl/α,β-unsaturated/α-hetero) is 1. The smallest absolute Gasteiger partial charge is 0.241 e. The minimum atomic E-state index is -0.489. The van der Waals surface area contributed by atoms with E-state index in [1.54, 1.807) is 0 Å². The zero-order chi connectivity index (χ0) is 13.7. The minimum Gasteiger partial charge on any atom is -0.496 e. The summed E-state index contributed by atoms with van der Waals surface area (Å²) in [5.41, 5.74) is 0.142. The third kappa shape index (κ3) is 3.46. The van der Waals surface area contributed by atoms with Gasteiger partial charge in [-0.25, -0.2) is 4.39 Å². The van der Waals surface area contributed by atoms with E-state index < -0.39 is 11.6 Å². The molecule has 0 amide bonds. The molecule has 1 saturated heterocycles. The first-order chi connectivity index (χ1) is 9.20. The van der Waals surface area contributed by atoms with E-state index in [1.165, 1.54) is 19.2 Å². The first-order valence-corrected chi connectivity index (χ1v) is 5.93. The molecule has 5 heteroatoms. The van der Waals surface area contributed by atoms with Crippen LogP contribution in [0.15, 0.2) is 18.2 Å². The lowest BCUT2D eigenvalue weighted by Crippen LogP contribution is -2.32. The second-order valence-electron chi connectivity index (χ2n) is 4.01. The quantitative estimate of drug-likeness (QED) is 0.595. The number of hydrogen-bond donors (Lipinski definition) is 0. The summed E-state index contributed by atoms with van der Waals surface area (Å²) in [7, 11) is 1.43. The van der Waals surface area contributed by atoms with E-state index in [0.29, 0.717) is 32.1 Å². The van der Waals surface area contributed by atoms with Crippen LogP contribution in [0.5, 0.6) is 5.75 Å². The third-order valence-corrected chi connectivity index (χ3v) is 2.74. The van der Waals surface area contributed by atoms with Crippen molar-refractivity contribution in [2.75, 3.05) is 33.4 Å². The van der Waals surface area contributed by atoms with Gasteiger partial charge >= 0.3 is 0 Å². The van der Waals surface area contributed by atoms with Crippen molar-refractivity contribution in [2.45, 2.75) is 0 Å². The van der Waals surface area contributed by atoms with Crippen LogP contribution in [0.1, 0.15) is 10.4 Å². The van der Waals surface area contributed by atoms with E-state index in [9.17, 15) is 9.18 Å². The highest BCUT2D eigenvalue weighted by atomic mass is 19.1. The predicted octanol–water partition coefficient (Wildman–Crippen LogP) is 1.31. The molecule has 1 aliphatic heterocycles. The second kappa shape index (κ2) is 6.21. The van der Waals surface area contributed by atoms with E-state index in [0.717, 1.165) is 6.07 Å². The molecule has 0 bridgehead atoms. The molecule has 1 aromatic carbocycles. The summed E-state index contributed by atoms with van der Waals surface area (Å²) in [6.07, 6.45) is 0. The van der Waals surface area contributed by atoms with Crippen molar-refractivity contribution >= 4 is 5.78 Å². The van der Waals surface area contributed by atoms with E-state index >= 15 is 0 Å². The van der Waals surface area contributed by atoms with Crippen LogP contribution in [0.2, 0.25) is 0 Å². The highest BCUT2D eigenvalue weighted by Crippen LogP contribution is 2.19. The topological polar surface area (TPSA) is 38.8 Å². The molecular weight excluding hydrogens is 249 g/mol. The largest absolute Gasteiger partial charge is 0.496 e. The molecule has 0 saturated carbocycles. The van der Waals surface area contributed by atoms with Gasteiger partial charge in [-0.15, -0.1) is 0 Å². The summed E-state index contributed by atoms with van der Waals surface area (Å²) in [4.78, 5) is 13.8. The Bertz CT molecular complexity index is 527. The summed E-state index contributed by atoms with van der Waals surface area (Å²) >= 11 is 0. The first-order valence-electron chi connectivity index (χ1n) is 5.93. The number of ketones is 1. The third-order valence-electron chi connectivity index (χ3n) is 2.74. The molecule has 0 N–H and O–H groups in total. The fourth-order valence-corrected chi connectivity index (χ4v) is 1.73. The normalized spacial score (nSPS) is 14.5. The molecule has 0 aliphatic carbocycles. The lowest BCUT2D eigenvalue weighted by Gasteiger charge is -2.22. The van der Waals surface area contributed by atoms with E-state index in [1.807, 2.05) is 4.90 Å². The zero-order valence-electron chi connectivity index (χ0n) is 10.6. The highest BCUT2D eigenvalue weighted by Gasteiger charge is 2.12. The monoisotopic (exact) mass is 263 g/mol. The van der Waals surface area contributed by atoms with Gasteiger partial charge in [0.1, 0.15) is 11.6 Å². The number of halogens is 1. The van der Waals surface area contributed by atoms with Crippen molar-refractivity contribution in [2.24, 2.45) is 0 Å². The van der Waals surface area contributed by atoms with Crippen molar-refractivity contribution in [1.82, 2.24) is 4.90 Å². The van der Waals surface area contributed by atoms with Gasteiger partial charge in [0, 0.05) is 25.1 Å². The Kier molecular flexibility index (Phi) is 4.37. The van der Waals surface area contributed by atoms with Gasteiger partial charge in [0.2, 0.25) is 5.78 Å². The van der Waals surface area contributed by atoms with Crippen molar-refractivity contribution in [3.8, 4) is 17.7 Å². The maximum absolute atomic E-state index is 13.2. The van der Waals surface area contributed by atoms with Crippen molar-refractivity contribution in [3.05, 3.63) is 29.6 Å². The predicted molar refractivity (Wildman–Crippen MR) is 67.5 cm³/mol. The van der Waals surface area contributed by atoms with Gasteiger partial charge in [0.15, 0.2) is 0 Å². The number of morpholine rings is 1. The summed E-state index contributed by atoms with van der Waals surface area (Å²) < 4.78 is 23.4. The number of hydrogen-bond acceptors (Lipinski definition) is 4. The van der Waals surface area contributed by atoms with Gasteiger partial charge in [-0.3, -0.25) is 4.79 Å². The molecule has 0 aromatic heterocycles. The van der Waals surface area contributed by atoms with Crippen LogP contribution in [-0.4, -0.2) is 44.1 Å². The summed E-state index contributed by atoms with van der Waals surface area (Å²) in [6, 6.07) is 6.56. The molecule has 1 aliphatic rings. The van der Waals surface area contributed by atoms with Crippen LogP contribution >= 0.6 is 0 Å². The second-order valence-corrected chi connectivity index (χ2v) is 4.01. The van der Waals surface area contributed by atoms with Crippen LogP contribution < -0.4 is 4.74 Å². The standard InChI is InChI=1S/C14H14FNO3/c1-18-14-3-2-11(15)10-12(14)13(17)4-5-16-6-8-19-9-7-16/h2-3,10H,6-9H2,1H3. The first kappa shape index (κ1) is 13.4. The number of methoxy groups -OCH3 is 1. The Morgan fingerprint density at radius 3 is 2.84 bits per heavy atom.